The summed E-state index contributed by atoms with van der Waals surface area (Å²) in [5.41, 5.74) is 0.664. The van der Waals surface area contributed by atoms with Gasteiger partial charge < -0.3 is 14.4 Å². The molecule has 0 bridgehead atoms. The molecular weight excluding hydrogens is 230 g/mol. The van der Waals surface area contributed by atoms with Crippen molar-refractivity contribution in [1.82, 2.24) is 4.90 Å². The molecule has 1 aromatic rings. The fourth-order valence-electron chi connectivity index (χ4n) is 2.39. The van der Waals surface area contributed by atoms with Crippen LogP contribution in [0.25, 0.3) is 0 Å². The highest BCUT2D eigenvalue weighted by Gasteiger charge is 2.30. The lowest BCUT2D eigenvalue weighted by molar-refractivity contribution is 0.0561. The summed E-state index contributed by atoms with van der Waals surface area (Å²) < 4.78 is 5.42. The third-order valence-corrected chi connectivity index (χ3v) is 3.60. The van der Waals surface area contributed by atoms with Gasteiger partial charge in [0, 0.05) is 19.2 Å². The van der Waals surface area contributed by atoms with Gasteiger partial charge in [0.25, 0.3) is 5.91 Å². The SMILES string of the molecule is Cc1cc(C(=O)N(CCCO)C2CCC2)c(C)o1. The van der Waals surface area contributed by atoms with Gasteiger partial charge >= 0.3 is 0 Å². The van der Waals surface area contributed by atoms with E-state index in [0.717, 1.165) is 18.6 Å². The monoisotopic (exact) mass is 251 g/mol. The van der Waals surface area contributed by atoms with Gasteiger partial charge in [-0.1, -0.05) is 0 Å². The molecule has 1 aromatic heterocycles. The number of hydrogen-bond acceptors (Lipinski definition) is 3. The molecule has 1 aliphatic carbocycles. The van der Waals surface area contributed by atoms with Crippen LogP contribution in [0.3, 0.4) is 0 Å². The van der Waals surface area contributed by atoms with Gasteiger partial charge in [0.05, 0.1) is 5.56 Å². The van der Waals surface area contributed by atoms with E-state index in [4.69, 9.17) is 9.52 Å². The van der Waals surface area contributed by atoms with Crippen molar-refractivity contribution < 1.29 is 14.3 Å². The number of aliphatic hydroxyl groups is 1. The summed E-state index contributed by atoms with van der Waals surface area (Å²) in [6.07, 6.45) is 3.98. The number of rotatable bonds is 5. The molecular formula is C14H21NO3. The van der Waals surface area contributed by atoms with E-state index in [1.54, 1.807) is 0 Å². The number of carbonyl (C=O) groups is 1. The highest BCUT2D eigenvalue weighted by atomic mass is 16.3. The fourth-order valence-corrected chi connectivity index (χ4v) is 2.39. The minimum Gasteiger partial charge on any atom is -0.466 e. The summed E-state index contributed by atoms with van der Waals surface area (Å²) >= 11 is 0. The molecule has 1 saturated carbocycles. The second-order valence-electron chi connectivity index (χ2n) is 4.99. The highest BCUT2D eigenvalue weighted by Crippen LogP contribution is 2.27. The Kier molecular flexibility index (Phi) is 4.07. The van der Waals surface area contributed by atoms with Gasteiger partial charge in [0.1, 0.15) is 11.5 Å². The van der Waals surface area contributed by atoms with Gasteiger partial charge in [-0.3, -0.25) is 4.79 Å². The zero-order chi connectivity index (χ0) is 13.1. The molecule has 0 saturated heterocycles. The van der Waals surface area contributed by atoms with Gasteiger partial charge in [0.15, 0.2) is 0 Å². The molecule has 4 heteroatoms. The topological polar surface area (TPSA) is 53.7 Å². The van der Waals surface area contributed by atoms with Crippen LogP contribution in [0.1, 0.15) is 47.6 Å². The maximum atomic E-state index is 12.5. The summed E-state index contributed by atoms with van der Waals surface area (Å²) in [7, 11) is 0. The predicted molar refractivity (Wildman–Crippen MR) is 68.6 cm³/mol. The van der Waals surface area contributed by atoms with Crippen LogP contribution in [0.2, 0.25) is 0 Å². The van der Waals surface area contributed by atoms with E-state index in [1.165, 1.54) is 6.42 Å². The molecule has 100 valence electrons. The average molecular weight is 251 g/mol. The van der Waals surface area contributed by atoms with Crippen molar-refractivity contribution in [2.75, 3.05) is 13.2 Å². The van der Waals surface area contributed by atoms with Gasteiger partial charge in [-0.25, -0.2) is 0 Å². The maximum Gasteiger partial charge on any atom is 0.257 e. The zero-order valence-corrected chi connectivity index (χ0v) is 11.1. The molecule has 1 fully saturated rings. The first-order valence-electron chi connectivity index (χ1n) is 6.62. The Labute approximate surface area is 108 Å². The minimum atomic E-state index is 0.0440. The second-order valence-corrected chi connectivity index (χ2v) is 4.99. The number of carbonyl (C=O) groups excluding carboxylic acids is 1. The fraction of sp³-hybridized carbons (Fsp3) is 0.643. The molecule has 0 aromatic carbocycles. The number of furan rings is 1. The Balaban J connectivity index is 2.13. The van der Waals surface area contributed by atoms with Crippen molar-refractivity contribution >= 4 is 5.91 Å². The minimum absolute atomic E-state index is 0.0440. The number of amides is 1. The van der Waals surface area contributed by atoms with Gasteiger partial charge in [0.2, 0.25) is 0 Å². The molecule has 0 unspecified atom stereocenters. The van der Waals surface area contributed by atoms with Crippen molar-refractivity contribution in [2.24, 2.45) is 0 Å². The first-order valence-corrected chi connectivity index (χ1v) is 6.62. The molecule has 0 atom stereocenters. The van der Waals surface area contributed by atoms with Gasteiger partial charge in [-0.2, -0.15) is 0 Å². The Morgan fingerprint density at radius 3 is 2.67 bits per heavy atom. The van der Waals surface area contributed by atoms with Gasteiger partial charge in [-0.05, 0) is 45.6 Å². The third kappa shape index (κ3) is 2.58. The van der Waals surface area contributed by atoms with E-state index in [9.17, 15) is 4.79 Å². The molecule has 18 heavy (non-hydrogen) atoms. The van der Waals surface area contributed by atoms with Crippen molar-refractivity contribution in [1.29, 1.82) is 0 Å². The highest BCUT2D eigenvalue weighted by molar-refractivity contribution is 5.95. The first-order chi connectivity index (χ1) is 8.63. The standard InChI is InChI=1S/C14H21NO3/c1-10-9-13(11(2)18-10)14(17)15(7-4-8-16)12-5-3-6-12/h9,12,16H,3-8H2,1-2H3. The number of nitrogens with zero attached hydrogens (tertiary/aromatic N) is 1. The average Bonchev–Trinajstić information content (AvgIpc) is 2.60. The second kappa shape index (κ2) is 5.57. The van der Waals surface area contributed by atoms with Crippen molar-refractivity contribution in [3.8, 4) is 0 Å². The zero-order valence-electron chi connectivity index (χ0n) is 11.1. The van der Waals surface area contributed by atoms with Crippen molar-refractivity contribution in [3.63, 3.8) is 0 Å². The van der Waals surface area contributed by atoms with Gasteiger partial charge in [-0.15, -0.1) is 0 Å². The van der Waals surface area contributed by atoms with E-state index in [0.29, 0.717) is 30.3 Å². The van der Waals surface area contributed by atoms with Crippen LogP contribution < -0.4 is 0 Å². The normalized spacial score (nSPS) is 15.5. The number of aryl methyl sites for hydroxylation is 2. The molecule has 1 amide bonds. The molecule has 1 heterocycles. The Morgan fingerprint density at radius 2 is 2.22 bits per heavy atom. The van der Waals surface area contributed by atoms with E-state index >= 15 is 0 Å². The quantitative estimate of drug-likeness (QED) is 0.873. The van der Waals surface area contributed by atoms with Crippen LogP contribution in [0, 0.1) is 13.8 Å². The van der Waals surface area contributed by atoms with E-state index in [1.807, 2.05) is 24.8 Å². The first kappa shape index (κ1) is 13.1. The largest absolute Gasteiger partial charge is 0.466 e. The van der Waals surface area contributed by atoms with E-state index < -0.39 is 0 Å². The summed E-state index contributed by atoms with van der Waals surface area (Å²) in [5.74, 6) is 1.50. The van der Waals surface area contributed by atoms with Crippen LogP contribution >= 0.6 is 0 Å². The Hall–Kier alpha value is -1.29. The summed E-state index contributed by atoms with van der Waals surface area (Å²) in [4.78, 5) is 14.4. The maximum absolute atomic E-state index is 12.5. The summed E-state index contributed by atoms with van der Waals surface area (Å²) in [6.45, 7) is 4.43. The van der Waals surface area contributed by atoms with Crippen LogP contribution in [0.15, 0.2) is 10.5 Å². The number of aliphatic hydroxyl groups excluding tert-OH is 1. The molecule has 1 N–H and O–H groups in total. The molecule has 4 nitrogen and oxygen atoms in total. The molecule has 0 spiro atoms. The van der Waals surface area contributed by atoms with Crippen LogP contribution in [-0.4, -0.2) is 35.1 Å². The third-order valence-electron chi connectivity index (χ3n) is 3.60. The van der Waals surface area contributed by atoms with Crippen molar-refractivity contribution in [3.05, 3.63) is 23.2 Å². The molecule has 0 aliphatic heterocycles. The lowest BCUT2D eigenvalue weighted by Crippen LogP contribution is -2.45. The van der Waals surface area contributed by atoms with Crippen molar-refractivity contribution in [2.45, 2.75) is 45.6 Å². The lowest BCUT2D eigenvalue weighted by Gasteiger charge is -2.37. The van der Waals surface area contributed by atoms with E-state index in [2.05, 4.69) is 0 Å². The summed E-state index contributed by atoms with van der Waals surface area (Å²) in [5, 5.41) is 8.94. The van der Waals surface area contributed by atoms with E-state index in [-0.39, 0.29) is 12.5 Å². The Bertz CT molecular complexity index is 421. The predicted octanol–water partition coefficient (Wildman–Crippen LogP) is 2.27. The Morgan fingerprint density at radius 1 is 1.50 bits per heavy atom. The molecule has 2 rings (SSSR count). The number of hydrogen-bond donors (Lipinski definition) is 1. The van der Waals surface area contributed by atoms with Crippen LogP contribution in [-0.2, 0) is 0 Å². The molecule has 1 aliphatic rings. The smallest absolute Gasteiger partial charge is 0.257 e. The van der Waals surface area contributed by atoms with Crippen LogP contribution in [0.5, 0.6) is 0 Å². The van der Waals surface area contributed by atoms with Crippen LogP contribution in [0.4, 0.5) is 0 Å². The lowest BCUT2D eigenvalue weighted by atomic mass is 9.90. The summed E-state index contributed by atoms with van der Waals surface area (Å²) in [6, 6.07) is 2.15. The molecule has 0 radical (unpaired) electrons.